The lowest BCUT2D eigenvalue weighted by molar-refractivity contribution is 0.0725. The van der Waals surface area contributed by atoms with Crippen LogP contribution in [0.2, 0.25) is 0 Å². The van der Waals surface area contributed by atoms with E-state index in [-0.39, 0.29) is 30.7 Å². The van der Waals surface area contributed by atoms with Crippen LogP contribution in [-0.2, 0) is 6.54 Å². The number of halogens is 2. The lowest BCUT2D eigenvalue weighted by Gasteiger charge is -2.27. The van der Waals surface area contributed by atoms with Crippen LogP contribution in [0.5, 0.6) is 0 Å². The second kappa shape index (κ2) is 12.2. The summed E-state index contributed by atoms with van der Waals surface area (Å²) in [7, 11) is 0. The van der Waals surface area contributed by atoms with Crippen molar-refractivity contribution in [1.82, 2.24) is 9.80 Å². The molecule has 1 aromatic heterocycles. The maximum atomic E-state index is 13.1. The van der Waals surface area contributed by atoms with E-state index in [2.05, 4.69) is 24.8 Å². The molecule has 4 nitrogen and oxygen atoms in total. The minimum atomic E-state index is 0. The van der Waals surface area contributed by atoms with Gasteiger partial charge in [-0.25, -0.2) is 0 Å². The van der Waals surface area contributed by atoms with Crippen molar-refractivity contribution in [2.75, 3.05) is 31.9 Å². The molecule has 0 aliphatic heterocycles. The number of carbonyl (C=O) groups excluding carboxylic acids is 1. The van der Waals surface area contributed by atoms with E-state index in [4.69, 9.17) is 5.73 Å². The number of carbonyl (C=O) groups is 1. The second-order valence-corrected chi connectivity index (χ2v) is 6.94. The smallest absolute Gasteiger partial charge is 0.254 e. The molecule has 0 fully saturated rings. The molecule has 1 amide bonds. The molecule has 26 heavy (non-hydrogen) atoms. The van der Waals surface area contributed by atoms with Crippen molar-refractivity contribution in [1.29, 1.82) is 0 Å². The predicted molar refractivity (Wildman–Crippen MR) is 117 cm³/mol. The first-order chi connectivity index (χ1) is 11.5. The number of likely N-dealkylation sites (N-methyl/N-ethyl adjacent to an activating group) is 1. The summed E-state index contributed by atoms with van der Waals surface area (Å²) < 4.78 is 0. The Morgan fingerprint density at radius 1 is 1.12 bits per heavy atom. The Morgan fingerprint density at radius 2 is 1.81 bits per heavy atom. The fourth-order valence-corrected chi connectivity index (χ4v) is 3.40. The molecular weight excluding hydrogens is 389 g/mol. The van der Waals surface area contributed by atoms with Crippen molar-refractivity contribution >= 4 is 47.7 Å². The van der Waals surface area contributed by atoms with E-state index >= 15 is 0 Å². The highest BCUT2D eigenvalue weighted by Gasteiger charge is 2.19. The first-order valence-electron chi connectivity index (χ1n) is 8.45. The Bertz CT molecular complexity index is 661. The molecule has 0 unspecified atom stereocenters. The van der Waals surface area contributed by atoms with Crippen molar-refractivity contribution in [2.24, 2.45) is 0 Å². The van der Waals surface area contributed by atoms with Gasteiger partial charge >= 0.3 is 0 Å². The Morgan fingerprint density at radius 3 is 2.38 bits per heavy atom. The molecule has 0 aliphatic carbocycles. The summed E-state index contributed by atoms with van der Waals surface area (Å²) in [5.41, 5.74) is 8.18. The molecule has 2 rings (SSSR count). The van der Waals surface area contributed by atoms with Crippen LogP contribution in [0.1, 0.15) is 34.6 Å². The standard InChI is InChI=1S/C19H27N3OS.2ClH/c1-4-21(5-2)10-11-22(14-17-7-6-12-24-17)19(23)18-13-16(20)9-8-15(18)3;;/h6-9,12-13H,4-5,10-11,14,20H2,1-3H3;2*1H. The van der Waals surface area contributed by atoms with E-state index in [1.54, 1.807) is 17.4 Å². The van der Waals surface area contributed by atoms with Crippen LogP contribution in [-0.4, -0.2) is 41.9 Å². The van der Waals surface area contributed by atoms with Gasteiger partial charge in [0.15, 0.2) is 0 Å². The van der Waals surface area contributed by atoms with Crippen LogP contribution in [0.25, 0.3) is 0 Å². The van der Waals surface area contributed by atoms with E-state index in [0.29, 0.717) is 24.3 Å². The van der Waals surface area contributed by atoms with Gasteiger partial charge in [-0.2, -0.15) is 0 Å². The van der Waals surface area contributed by atoms with Crippen molar-refractivity contribution in [3.63, 3.8) is 0 Å². The fraction of sp³-hybridized carbons (Fsp3) is 0.421. The number of aryl methyl sites for hydroxylation is 1. The largest absolute Gasteiger partial charge is 0.399 e. The van der Waals surface area contributed by atoms with Gasteiger partial charge in [-0.1, -0.05) is 26.0 Å². The molecule has 0 atom stereocenters. The zero-order chi connectivity index (χ0) is 17.5. The summed E-state index contributed by atoms with van der Waals surface area (Å²) in [4.78, 5) is 18.6. The second-order valence-electron chi connectivity index (χ2n) is 5.91. The molecule has 1 aromatic carbocycles. The van der Waals surface area contributed by atoms with Crippen LogP contribution in [0, 0.1) is 6.92 Å². The summed E-state index contributed by atoms with van der Waals surface area (Å²) in [5.74, 6) is 0.0559. The van der Waals surface area contributed by atoms with Crippen LogP contribution >= 0.6 is 36.2 Å². The van der Waals surface area contributed by atoms with Crippen LogP contribution < -0.4 is 5.73 Å². The van der Waals surface area contributed by atoms with Gasteiger partial charge < -0.3 is 15.5 Å². The number of anilines is 1. The third-order valence-corrected chi connectivity index (χ3v) is 5.15. The highest BCUT2D eigenvalue weighted by Crippen LogP contribution is 2.18. The van der Waals surface area contributed by atoms with Crippen molar-refractivity contribution in [3.05, 3.63) is 51.7 Å². The first-order valence-corrected chi connectivity index (χ1v) is 9.33. The Kier molecular flexibility index (Phi) is 11.6. The number of benzene rings is 1. The number of nitrogen functional groups attached to an aromatic ring is 1. The number of nitrogens with two attached hydrogens (primary N) is 1. The van der Waals surface area contributed by atoms with Gasteiger partial charge in [-0.05, 0) is 49.2 Å². The molecule has 0 aliphatic rings. The van der Waals surface area contributed by atoms with E-state index in [1.807, 2.05) is 35.4 Å². The fourth-order valence-electron chi connectivity index (χ4n) is 2.69. The molecule has 2 N–H and O–H groups in total. The van der Waals surface area contributed by atoms with Gasteiger partial charge in [0.25, 0.3) is 5.91 Å². The van der Waals surface area contributed by atoms with Gasteiger partial charge in [0.2, 0.25) is 0 Å². The average Bonchev–Trinajstić information content (AvgIpc) is 3.09. The Hall–Kier alpha value is -1.27. The monoisotopic (exact) mass is 417 g/mol. The van der Waals surface area contributed by atoms with Crippen LogP contribution in [0.15, 0.2) is 35.7 Å². The highest BCUT2D eigenvalue weighted by molar-refractivity contribution is 7.09. The molecule has 7 heteroatoms. The number of amides is 1. The number of nitrogens with zero attached hydrogens (tertiary/aromatic N) is 2. The third-order valence-electron chi connectivity index (χ3n) is 4.29. The van der Waals surface area contributed by atoms with Gasteiger partial charge in [-0.3, -0.25) is 4.79 Å². The van der Waals surface area contributed by atoms with E-state index in [0.717, 1.165) is 25.2 Å². The average molecular weight is 418 g/mol. The molecule has 1 heterocycles. The van der Waals surface area contributed by atoms with Gasteiger partial charge in [0.1, 0.15) is 0 Å². The number of hydrogen-bond acceptors (Lipinski definition) is 4. The van der Waals surface area contributed by atoms with Crippen LogP contribution in [0.3, 0.4) is 0 Å². The Labute approximate surface area is 173 Å². The molecule has 0 saturated carbocycles. The maximum Gasteiger partial charge on any atom is 0.254 e. The number of thiophene rings is 1. The normalized spacial score (nSPS) is 10.2. The lowest BCUT2D eigenvalue weighted by Crippen LogP contribution is -2.38. The summed E-state index contributed by atoms with van der Waals surface area (Å²) in [6.07, 6.45) is 0. The van der Waals surface area contributed by atoms with Crippen molar-refractivity contribution in [3.8, 4) is 0 Å². The SMILES string of the molecule is CCN(CC)CCN(Cc1cccs1)C(=O)c1cc(N)ccc1C.Cl.Cl. The van der Waals surface area contributed by atoms with Crippen molar-refractivity contribution in [2.45, 2.75) is 27.3 Å². The highest BCUT2D eigenvalue weighted by atomic mass is 35.5. The topological polar surface area (TPSA) is 49.6 Å². The predicted octanol–water partition coefficient (Wildman–Crippen LogP) is 4.47. The quantitative estimate of drug-likeness (QED) is 0.644. The third kappa shape index (κ3) is 6.80. The summed E-state index contributed by atoms with van der Waals surface area (Å²) >= 11 is 1.68. The molecule has 0 bridgehead atoms. The zero-order valence-electron chi connectivity index (χ0n) is 15.6. The van der Waals surface area contributed by atoms with Gasteiger partial charge in [0.05, 0.1) is 6.54 Å². The molecule has 0 spiro atoms. The Balaban J connectivity index is 0.00000312. The number of hydrogen-bond donors (Lipinski definition) is 1. The first kappa shape index (κ1) is 24.7. The minimum Gasteiger partial charge on any atom is -0.399 e. The van der Waals surface area contributed by atoms with Gasteiger partial charge in [0, 0.05) is 29.2 Å². The molecule has 2 aromatic rings. The summed E-state index contributed by atoms with van der Waals surface area (Å²) in [6.45, 7) is 10.5. The summed E-state index contributed by atoms with van der Waals surface area (Å²) in [6, 6.07) is 9.64. The molecular formula is C19H29Cl2N3OS. The van der Waals surface area contributed by atoms with E-state index in [1.165, 1.54) is 4.88 Å². The molecule has 146 valence electrons. The molecule has 0 radical (unpaired) electrons. The van der Waals surface area contributed by atoms with E-state index < -0.39 is 0 Å². The number of rotatable bonds is 8. The van der Waals surface area contributed by atoms with Crippen molar-refractivity contribution < 1.29 is 4.79 Å². The minimum absolute atomic E-state index is 0. The van der Waals surface area contributed by atoms with E-state index in [9.17, 15) is 4.79 Å². The summed E-state index contributed by atoms with van der Waals surface area (Å²) in [5, 5.41) is 2.05. The zero-order valence-corrected chi connectivity index (χ0v) is 18.1. The lowest BCUT2D eigenvalue weighted by atomic mass is 10.1. The van der Waals surface area contributed by atoms with Gasteiger partial charge in [-0.15, -0.1) is 36.2 Å². The van der Waals surface area contributed by atoms with Crippen LogP contribution in [0.4, 0.5) is 5.69 Å². The molecule has 0 saturated heterocycles. The maximum absolute atomic E-state index is 13.1.